The average Bonchev–Trinajstić information content (AvgIpc) is 2.93. The molecule has 3 aromatic carbocycles. The van der Waals surface area contributed by atoms with Crippen molar-refractivity contribution in [3.63, 3.8) is 0 Å². The lowest BCUT2D eigenvalue weighted by Crippen LogP contribution is -2.34. The molecular formula is C33H41ClN2O2S. The summed E-state index contributed by atoms with van der Waals surface area (Å²) in [6.07, 6.45) is 10.4. The van der Waals surface area contributed by atoms with Gasteiger partial charge >= 0.3 is 0 Å². The maximum Gasteiger partial charge on any atom is 0.258 e. The molecule has 0 aromatic heterocycles. The summed E-state index contributed by atoms with van der Waals surface area (Å²) < 4.78 is 6.39. The fraction of sp³-hybridized carbons (Fsp3) is 0.394. The molecule has 3 rings (SSSR count). The van der Waals surface area contributed by atoms with E-state index in [4.69, 9.17) is 28.6 Å². The predicted molar refractivity (Wildman–Crippen MR) is 169 cm³/mol. The van der Waals surface area contributed by atoms with Gasteiger partial charge in [0.05, 0.1) is 10.6 Å². The molecule has 0 aliphatic carbocycles. The minimum atomic E-state index is -0.350. The zero-order valence-corrected chi connectivity index (χ0v) is 25.5. The molecule has 0 radical (unpaired) electrons. The summed E-state index contributed by atoms with van der Waals surface area (Å²) in [6, 6.07) is 15.4. The van der Waals surface area contributed by atoms with Crippen LogP contribution >= 0.6 is 23.8 Å². The van der Waals surface area contributed by atoms with Crippen LogP contribution in [0.5, 0.6) is 11.5 Å². The third-order valence-corrected chi connectivity index (χ3v) is 7.89. The largest absolute Gasteiger partial charge is 0.457 e. The number of benzene rings is 3. The van der Waals surface area contributed by atoms with Crippen molar-refractivity contribution in [3.8, 4) is 11.5 Å². The molecule has 4 nitrogen and oxygen atoms in total. The normalized spacial score (nSPS) is 10.8. The Hall–Kier alpha value is -2.89. The van der Waals surface area contributed by atoms with Gasteiger partial charge in [-0.25, -0.2) is 0 Å². The smallest absolute Gasteiger partial charge is 0.258 e. The molecular weight excluding hydrogens is 524 g/mol. The maximum absolute atomic E-state index is 12.6. The Morgan fingerprint density at radius 3 is 2.03 bits per heavy atom. The summed E-state index contributed by atoms with van der Waals surface area (Å²) in [4.78, 5) is 12.6. The first-order chi connectivity index (χ1) is 18.7. The number of hydrogen-bond acceptors (Lipinski definition) is 3. The van der Waals surface area contributed by atoms with E-state index < -0.39 is 0 Å². The summed E-state index contributed by atoms with van der Waals surface area (Å²) in [6.45, 7) is 10.4. The second kappa shape index (κ2) is 15.0. The van der Waals surface area contributed by atoms with Gasteiger partial charge in [0.25, 0.3) is 5.91 Å². The van der Waals surface area contributed by atoms with E-state index in [1.165, 1.54) is 50.5 Å². The SMILES string of the molecule is CCCCCCCCCc1ccc(Oc2c(C)c(C)c(NC(=S)NC(=O)c3ccccc3Cl)c(C)c2C)cc1. The van der Waals surface area contributed by atoms with Gasteiger partial charge in [0, 0.05) is 5.69 Å². The zero-order valence-electron chi connectivity index (χ0n) is 23.9. The lowest BCUT2D eigenvalue weighted by atomic mass is 9.97. The van der Waals surface area contributed by atoms with Crippen LogP contribution in [0.25, 0.3) is 0 Å². The van der Waals surface area contributed by atoms with E-state index in [9.17, 15) is 4.79 Å². The van der Waals surface area contributed by atoms with E-state index >= 15 is 0 Å². The molecule has 0 aliphatic rings. The third kappa shape index (κ3) is 8.55. The topological polar surface area (TPSA) is 50.4 Å². The van der Waals surface area contributed by atoms with E-state index in [2.05, 4.69) is 41.8 Å². The van der Waals surface area contributed by atoms with Crippen LogP contribution in [0.3, 0.4) is 0 Å². The second-order valence-corrected chi connectivity index (χ2v) is 11.0. The van der Waals surface area contributed by atoms with Gasteiger partial charge in [-0.3, -0.25) is 10.1 Å². The molecule has 0 bridgehead atoms. The average molecular weight is 565 g/mol. The molecule has 0 saturated carbocycles. The molecule has 0 spiro atoms. The van der Waals surface area contributed by atoms with Crippen molar-refractivity contribution in [2.45, 2.75) is 86.0 Å². The van der Waals surface area contributed by atoms with Gasteiger partial charge in [-0.05, 0) is 105 Å². The second-order valence-electron chi connectivity index (χ2n) is 10.2. The van der Waals surface area contributed by atoms with Crippen LogP contribution in [0.2, 0.25) is 5.02 Å². The number of nitrogens with one attached hydrogen (secondary N) is 2. The van der Waals surface area contributed by atoms with Crippen molar-refractivity contribution in [2.24, 2.45) is 0 Å². The molecule has 0 aliphatic heterocycles. The molecule has 0 saturated heterocycles. The van der Waals surface area contributed by atoms with Crippen LogP contribution in [0.1, 0.15) is 90.0 Å². The van der Waals surface area contributed by atoms with Gasteiger partial charge in [0.2, 0.25) is 0 Å². The number of thiocarbonyl (C=S) groups is 1. The van der Waals surface area contributed by atoms with Gasteiger partial charge in [-0.15, -0.1) is 0 Å². The van der Waals surface area contributed by atoms with Crippen molar-refractivity contribution in [1.29, 1.82) is 0 Å². The van der Waals surface area contributed by atoms with Crippen LogP contribution in [0, 0.1) is 27.7 Å². The molecule has 0 unspecified atom stereocenters. The number of carbonyl (C=O) groups is 1. The summed E-state index contributed by atoms with van der Waals surface area (Å²) in [5.41, 5.74) is 6.66. The Morgan fingerprint density at radius 1 is 0.821 bits per heavy atom. The number of amides is 1. The predicted octanol–water partition coefficient (Wildman–Crippen LogP) is 9.79. The van der Waals surface area contributed by atoms with Gasteiger partial charge in [-0.2, -0.15) is 0 Å². The molecule has 0 fully saturated rings. The summed E-state index contributed by atoms with van der Waals surface area (Å²) in [5.74, 6) is 1.32. The highest BCUT2D eigenvalue weighted by Gasteiger charge is 2.19. The number of aryl methyl sites for hydroxylation is 1. The first kappa shape index (κ1) is 30.6. The van der Waals surface area contributed by atoms with Crippen molar-refractivity contribution in [1.82, 2.24) is 5.32 Å². The van der Waals surface area contributed by atoms with E-state index in [1.807, 2.05) is 27.7 Å². The molecule has 6 heteroatoms. The molecule has 3 aromatic rings. The van der Waals surface area contributed by atoms with Crippen LogP contribution in [-0.4, -0.2) is 11.0 Å². The summed E-state index contributed by atoms with van der Waals surface area (Å²) in [7, 11) is 0. The van der Waals surface area contributed by atoms with Crippen LogP contribution in [-0.2, 0) is 6.42 Å². The van der Waals surface area contributed by atoms with E-state index in [-0.39, 0.29) is 11.0 Å². The first-order valence-electron chi connectivity index (χ1n) is 14.0. The number of ether oxygens (including phenoxy) is 1. The number of anilines is 1. The number of unbranched alkanes of at least 4 members (excludes halogenated alkanes) is 6. The zero-order chi connectivity index (χ0) is 28.4. The van der Waals surface area contributed by atoms with Crippen LogP contribution < -0.4 is 15.4 Å². The van der Waals surface area contributed by atoms with Crippen molar-refractivity contribution in [2.75, 3.05) is 5.32 Å². The summed E-state index contributed by atoms with van der Waals surface area (Å²) >= 11 is 11.6. The van der Waals surface area contributed by atoms with Crippen molar-refractivity contribution in [3.05, 3.63) is 86.9 Å². The van der Waals surface area contributed by atoms with Crippen LogP contribution in [0.15, 0.2) is 48.5 Å². The molecule has 2 N–H and O–H groups in total. The molecule has 0 heterocycles. The lowest BCUT2D eigenvalue weighted by Gasteiger charge is -2.22. The highest BCUT2D eigenvalue weighted by Crippen LogP contribution is 2.38. The Bertz CT molecular complexity index is 1260. The Kier molecular flexibility index (Phi) is 11.8. The fourth-order valence-electron chi connectivity index (χ4n) is 4.71. The van der Waals surface area contributed by atoms with Gasteiger partial charge in [0.1, 0.15) is 11.5 Å². The Labute approximate surface area is 244 Å². The number of halogens is 1. The Balaban J connectivity index is 1.63. The van der Waals surface area contributed by atoms with E-state index in [1.54, 1.807) is 24.3 Å². The van der Waals surface area contributed by atoms with Crippen LogP contribution in [0.4, 0.5) is 5.69 Å². The highest BCUT2D eigenvalue weighted by molar-refractivity contribution is 7.80. The maximum atomic E-state index is 12.6. The minimum Gasteiger partial charge on any atom is -0.457 e. The summed E-state index contributed by atoms with van der Waals surface area (Å²) in [5, 5.41) is 6.55. The minimum absolute atomic E-state index is 0.218. The fourth-order valence-corrected chi connectivity index (χ4v) is 5.12. The molecule has 0 atom stereocenters. The van der Waals surface area contributed by atoms with E-state index in [0.29, 0.717) is 10.6 Å². The Morgan fingerprint density at radius 2 is 1.41 bits per heavy atom. The van der Waals surface area contributed by atoms with Gasteiger partial charge in [0.15, 0.2) is 5.11 Å². The molecule has 208 valence electrons. The number of rotatable bonds is 12. The highest BCUT2D eigenvalue weighted by atomic mass is 35.5. The third-order valence-electron chi connectivity index (χ3n) is 7.35. The van der Waals surface area contributed by atoms with E-state index in [0.717, 1.165) is 45.9 Å². The number of carbonyl (C=O) groups excluding carboxylic acids is 1. The molecule has 1 amide bonds. The number of hydrogen-bond donors (Lipinski definition) is 2. The lowest BCUT2D eigenvalue weighted by molar-refractivity contribution is 0.0978. The molecule has 39 heavy (non-hydrogen) atoms. The first-order valence-corrected chi connectivity index (χ1v) is 14.8. The van der Waals surface area contributed by atoms with Gasteiger partial charge < -0.3 is 10.1 Å². The standard InChI is InChI=1S/C33H41ClN2O2S/c1-6-7-8-9-10-11-12-15-26-18-20-27(21-19-26)38-31-24(4)22(2)30(23(3)25(31)5)35-33(39)36-32(37)28-16-13-14-17-29(28)34/h13-14,16-21H,6-12,15H2,1-5H3,(H2,35,36,37,39). The van der Waals surface area contributed by atoms with Crippen molar-refractivity contribution >= 4 is 40.5 Å². The quantitative estimate of drug-likeness (QED) is 0.170. The monoisotopic (exact) mass is 564 g/mol. The van der Waals surface area contributed by atoms with Gasteiger partial charge in [-0.1, -0.05) is 81.3 Å². The van der Waals surface area contributed by atoms with Crippen molar-refractivity contribution < 1.29 is 9.53 Å².